The van der Waals surface area contributed by atoms with Gasteiger partial charge in [0.15, 0.2) is 0 Å². The van der Waals surface area contributed by atoms with E-state index < -0.39 is 0 Å². The second kappa shape index (κ2) is 9.21. The van der Waals surface area contributed by atoms with E-state index in [9.17, 15) is 4.79 Å². The first-order chi connectivity index (χ1) is 14.7. The number of piperazine rings is 1. The lowest BCUT2D eigenvalue weighted by Gasteiger charge is -2.35. The Morgan fingerprint density at radius 2 is 1.77 bits per heavy atom. The van der Waals surface area contributed by atoms with Crippen molar-refractivity contribution < 1.29 is 4.79 Å². The number of urea groups is 1. The third-order valence-corrected chi connectivity index (χ3v) is 5.10. The van der Waals surface area contributed by atoms with Crippen LogP contribution in [0.2, 0.25) is 0 Å². The quantitative estimate of drug-likeness (QED) is 0.678. The molecule has 0 radical (unpaired) electrons. The molecular weight excluding hydrogens is 378 g/mol. The van der Waals surface area contributed by atoms with E-state index in [1.807, 2.05) is 53.4 Å². The average Bonchev–Trinajstić information content (AvgIpc) is 2.80. The number of pyridine rings is 1. The molecule has 2 amide bonds. The minimum atomic E-state index is -0.0595. The number of anilines is 4. The Bertz CT molecular complexity index is 988. The molecule has 0 saturated carbocycles. The number of hydrogen-bond donors (Lipinski definition) is 2. The van der Waals surface area contributed by atoms with Gasteiger partial charge in [-0.3, -0.25) is 0 Å². The SMILES string of the molecule is CCc1ccccc1NC(=O)N1CCN(c2cc(Nc3ccccn3)ncn2)CC1. The molecule has 1 aliphatic heterocycles. The molecule has 1 aromatic carbocycles. The van der Waals surface area contributed by atoms with Gasteiger partial charge in [0.2, 0.25) is 0 Å². The first-order valence-corrected chi connectivity index (χ1v) is 10.1. The highest BCUT2D eigenvalue weighted by Gasteiger charge is 2.22. The fourth-order valence-electron chi connectivity index (χ4n) is 3.44. The van der Waals surface area contributed by atoms with Gasteiger partial charge in [-0.1, -0.05) is 31.2 Å². The molecule has 8 nitrogen and oxygen atoms in total. The molecule has 0 aliphatic carbocycles. The number of carbonyl (C=O) groups excluding carboxylic acids is 1. The summed E-state index contributed by atoms with van der Waals surface area (Å²) in [6.45, 7) is 4.77. The van der Waals surface area contributed by atoms with Crippen LogP contribution in [0.1, 0.15) is 12.5 Å². The van der Waals surface area contributed by atoms with Crippen molar-refractivity contribution in [2.75, 3.05) is 41.7 Å². The monoisotopic (exact) mass is 403 g/mol. The Balaban J connectivity index is 1.35. The Morgan fingerprint density at radius 3 is 2.53 bits per heavy atom. The number of amides is 2. The maximum atomic E-state index is 12.7. The fraction of sp³-hybridized carbons (Fsp3) is 0.273. The first kappa shape index (κ1) is 19.6. The van der Waals surface area contributed by atoms with E-state index >= 15 is 0 Å². The number of nitrogens with one attached hydrogen (secondary N) is 2. The van der Waals surface area contributed by atoms with Gasteiger partial charge in [0, 0.05) is 44.1 Å². The maximum Gasteiger partial charge on any atom is 0.321 e. The van der Waals surface area contributed by atoms with E-state index in [0.29, 0.717) is 32.0 Å². The Hall–Kier alpha value is -3.68. The normalized spacial score (nSPS) is 13.8. The van der Waals surface area contributed by atoms with Crippen molar-refractivity contribution in [1.29, 1.82) is 0 Å². The summed E-state index contributed by atoms with van der Waals surface area (Å²) in [5.74, 6) is 2.26. The van der Waals surface area contributed by atoms with Crippen LogP contribution in [-0.4, -0.2) is 52.1 Å². The minimum Gasteiger partial charge on any atom is -0.353 e. The van der Waals surface area contributed by atoms with E-state index in [2.05, 4.69) is 37.4 Å². The summed E-state index contributed by atoms with van der Waals surface area (Å²) in [4.78, 5) is 29.6. The summed E-state index contributed by atoms with van der Waals surface area (Å²) in [5.41, 5.74) is 2.02. The minimum absolute atomic E-state index is 0.0595. The fourth-order valence-corrected chi connectivity index (χ4v) is 3.44. The Morgan fingerprint density at radius 1 is 0.967 bits per heavy atom. The van der Waals surface area contributed by atoms with Crippen molar-refractivity contribution in [3.05, 3.63) is 66.6 Å². The molecule has 3 aromatic rings. The van der Waals surface area contributed by atoms with Crippen molar-refractivity contribution in [3.63, 3.8) is 0 Å². The van der Waals surface area contributed by atoms with Gasteiger partial charge in [0.1, 0.15) is 23.8 Å². The third kappa shape index (κ3) is 4.65. The topological polar surface area (TPSA) is 86.3 Å². The molecule has 8 heteroatoms. The summed E-state index contributed by atoms with van der Waals surface area (Å²) in [5, 5.41) is 6.23. The number of hydrogen-bond acceptors (Lipinski definition) is 6. The second-order valence-electron chi connectivity index (χ2n) is 7.02. The van der Waals surface area contributed by atoms with Gasteiger partial charge in [-0.2, -0.15) is 0 Å². The van der Waals surface area contributed by atoms with Crippen molar-refractivity contribution >= 4 is 29.2 Å². The number of rotatable bonds is 5. The highest BCUT2D eigenvalue weighted by molar-refractivity contribution is 5.90. The van der Waals surface area contributed by atoms with E-state index in [1.54, 1.807) is 12.5 Å². The summed E-state index contributed by atoms with van der Waals surface area (Å²) < 4.78 is 0. The molecule has 0 unspecified atom stereocenters. The lowest BCUT2D eigenvalue weighted by atomic mass is 10.1. The van der Waals surface area contributed by atoms with Crippen LogP contribution in [0.4, 0.5) is 27.9 Å². The number of benzene rings is 1. The molecule has 0 spiro atoms. The predicted molar refractivity (Wildman–Crippen MR) is 118 cm³/mol. The molecular formula is C22H25N7O. The van der Waals surface area contributed by atoms with Gasteiger partial charge in [0.05, 0.1) is 0 Å². The van der Waals surface area contributed by atoms with Gasteiger partial charge >= 0.3 is 6.03 Å². The highest BCUT2D eigenvalue weighted by atomic mass is 16.2. The lowest BCUT2D eigenvalue weighted by molar-refractivity contribution is 0.208. The Kier molecular flexibility index (Phi) is 6.03. The lowest BCUT2D eigenvalue weighted by Crippen LogP contribution is -2.50. The molecule has 154 valence electrons. The summed E-state index contributed by atoms with van der Waals surface area (Å²) in [6.07, 6.45) is 4.15. The van der Waals surface area contributed by atoms with E-state index in [0.717, 1.165) is 29.3 Å². The number of nitrogens with zero attached hydrogens (tertiary/aromatic N) is 5. The van der Waals surface area contributed by atoms with Crippen LogP contribution in [0, 0.1) is 0 Å². The van der Waals surface area contributed by atoms with Crippen LogP contribution in [0.5, 0.6) is 0 Å². The molecule has 0 bridgehead atoms. The standard InChI is InChI=1S/C22H25N7O/c1-2-17-7-3-4-8-18(17)26-22(30)29-13-11-28(12-14-29)21-15-20(24-16-25-21)27-19-9-5-6-10-23-19/h3-10,15-16H,2,11-14H2,1H3,(H,26,30)(H,23,24,25,27). The van der Waals surface area contributed by atoms with Crippen LogP contribution in [0.25, 0.3) is 0 Å². The molecule has 2 aromatic heterocycles. The van der Waals surface area contributed by atoms with Crippen molar-refractivity contribution in [2.24, 2.45) is 0 Å². The van der Waals surface area contributed by atoms with Crippen LogP contribution < -0.4 is 15.5 Å². The van der Waals surface area contributed by atoms with Crippen LogP contribution >= 0.6 is 0 Å². The van der Waals surface area contributed by atoms with Gasteiger partial charge in [-0.25, -0.2) is 19.7 Å². The zero-order valence-corrected chi connectivity index (χ0v) is 17.0. The second-order valence-corrected chi connectivity index (χ2v) is 7.02. The van der Waals surface area contributed by atoms with E-state index in [-0.39, 0.29) is 6.03 Å². The molecule has 1 saturated heterocycles. The zero-order chi connectivity index (χ0) is 20.8. The van der Waals surface area contributed by atoms with Crippen molar-refractivity contribution in [1.82, 2.24) is 19.9 Å². The smallest absolute Gasteiger partial charge is 0.321 e. The molecule has 3 heterocycles. The Labute approximate surface area is 176 Å². The molecule has 4 rings (SSSR count). The summed E-state index contributed by atoms with van der Waals surface area (Å²) >= 11 is 0. The van der Waals surface area contributed by atoms with E-state index in [1.165, 1.54) is 0 Å². The number of carbonyl (C=O) groups is 1. The van der Waals surface area contributed by atoms with Crippen molar-refractivity contribution in [2.45, 2.75) is 13.3 Å². The van der Waals surface area contributed by atoms with Gasteiger partial charge in [0.25, 0.3) is 0 Å². The first-order valence-electron chi connectivity index (χ1n) is 10.1. The highest BCUT2D eigenvalue weighted by Crippen LogP contribution is 2.20. The van der Waals surface area contributed by atoms with Crippen molar-refractivity contribution in [3.8, 4) is 0 Å². The van der Waals surface area contributed by atoms with E-state index in [4.69, 9.17) is 0 Å². The number of aryl methyl sites for hydroxylation is 1. The maximum absolute atomic E-state index is 12.7. The number of para-hydroxylation sites is 1. The molecule has 2 N–H and O–H groups in total. The summed E-state index contributed by atoms with van der Waals surface area (Å²) in [6, 6.07) is 15.4. The largest absolute Gasteiger partial charge is 0.353 e. The zero-order valence-electron chi connectivity index (χ0n) is 17.0. The van der Waals surface area contributed by atoms with Crippen LogP contribution in [0.3, 0.4) is 0 Å². The van der Waals surface area contributed by atoms with Gasteiger partial charge < -0.3 is 20.4 Å². The van der Waals surface area contributed by atoms with Gasteiger partial charge in [-0.15, -0.1) is 0 Å². The van der Waals surface area contributed by atoms with Crippen LogP contribution in [0.15, 0.2) is 61.1 Å². The molecule has 0 atom stereocenters. The molecule has 1 aliphatic rings. The average molecular weight is 403 g/mol. The van der Waals surface area contributed by atoms with Gasteiger partial charge in [-0.05, 0) is 30.2 Å². The number of aromatic nitrogens is 3. The third-order valence-electron chi connectivity index (χ3n) is 5.10. The summed E-state index contributed by atoms with van der Waals surface area (Å²) in [7, 11) is 0. The van der Waals surface area contributed by atoms with Crippen LogP contribution in [-0.2, 0) is 6.42 Å². The predicted octanol–water partition coefficient (Wildman–Crippen LogP) is 3.53. The molecule has 30 heavy (non-hydrogen) atoms. The molecule has 1 fully saturated rings.